The van der Waals surface area contributed by atoms with Crippen molar-refractivity contribution in [2.45, 2.75) is 51.0 Å². The number of aliphatic imine (C=N–C) groups is 1. The molecule has 0 aromatic carbocycles. The lowest BCUT2D eigenvalue weighted by atomic mass is 9.96. The van der Waals surface area contributed by atoms with Crippen LogP contribution in [0.5, 0.6) is 0 Å². The van der Waals surface area contributed by atoms with Gasteiger partial charge in [0.1, 0.15) is 5.76 Å². The Bertz CT molecular complexity index is 625. The molecule has 1 aliphatic carbocycles. The van der Waals surface area contributed by atoms with E-state index in [1.807, 2.05) is 30.5 Å². The van der Waals surface area contributed by atoms with Gasteiger partial charge in [0, 0.05) is 43.9 Å². The molecule has 0 radical (unpaired) electrons. The number of aromatic nitrogens is 1. The zero-order valence-electron chi connectivity index (χ0n) is 15.2. The maximum Gasteiger partial charge on any atom is 0.191 e. The van der Waals surface area contributed by atoms with Gasteiger partial charge in [0.05, 0.1) is 6.26 Å². The Balaban J connectivity index is 0.00000243. The lowest BCUT2D eigenvalue weighted by Gasteiger charge is -2.25. The van der Waals surface area contributed by atoms with Crippen LogP contribution in [0.4, 0.5) is 0 Å². The summed E-state index contributed by atoms with van der Waals surface area (Å²) in [7, 11) is 0. The SMILES string of the molecule is I.c1ccc(CCNC(=NCCc2ccco2)NC2CCCCC2)nc1. The van der Waals surface area contributed by atoms with Crippen LogP contribution < -0.4 is 10.6 Å². The smallest absolute Gasteiger partial charge is 0.191 e. The summed E-state index contributed by atoms with van der Waals surface area (Å²) in [4.78, 5) is 9.11. The summed E-state index contributed by atoms with van der Waals surface area (Å²) in [5.41, 5.74) is 1.10. The van der Waals surface area contributed by atoms with Gasteiger partial charge < -0.3 is 15.1 Å². The van der Waals surface area contributed by atoms with Gasteiger partial charge in [0.15, 0.2) is 5.96 Å². The highest BCUT2D eigenvalue weighted by Gasteiger charge is 2.14. The molecule has 0 amide bonds. The molecular weight excluding hydrogens is 439 g/mol. The van der Waals surface area contributed by atoms with Gasteiger partial charge in [-0.2, -0.15) is 0 Å². The van der Waals surface area contributed by atoms with E-state index in [4.69, 9.17) is 9.41 Å². The fourth-order valence-electron chi connectivity index (χ4n) is 3.18. The molecule has 142 valence electrons. The number of guanidine groups is 1. The van der Waals surface area contributed by atoms with E-state index in [0.717, 1.165) is 43.3 Å². The van der Waals surface area contributed by atoms with Crippen LogP contribution in [-0.2, 0) is 12.8 Å². The second-order valence-electron chi connectivity index (χ2n) is 6.54. The molecule has 1 aliphatic rings. The second kappa shape index (κ2) is 11.9. The van der Waals surface area contributed by atoms with Crippen LogP contribution >= 0.6 is 24.0 Å². The Hall–Kier alpha value is -1.57. The van der Waals surface area contributed by atoms with Crippen molar-refractivity contribution in [1.82, 2.24) is 15.6 Å². The minimum Gasteiger partial charge on any atom is -0.469 e. The first-order valence-corrected chi connectivity index (χ1v) is 9.37. The zero-order chi connectivity index (χ0) is 17.2. The van der Waals surface area contributed by atoms with Crippen molar-refractivity contribution in [3.05, 3.63) is 54.2 Å². The van der Waals surface area contributed by atoms with E-state index in [-0.39, 0.29) is 24.0 Å². The second-order valence-corrected chi connectivity index (χ2v) is 6.54. The van der Waals surface area contributed by atoms with Gasteiger partial charge in [-0.15, -0.1) is 24.0 Å². The van der Waals surface area contributed by atoms with E-state index in [1.54, 1.807) is 6.26 Å². The highest BCUT2D eigenvalue weighted by Crippen LogP contribution is 2.17. The molecule has 2 N–H and O–H groups in total. The van der Waals surface area contributed by atoms with Crippen molar-refractivity contribution in [2.75, 3.05) is 13.1 Å². The van der Waals surface area contributed by atoms with Crippen molar-refractivity contribution in [3.63, 3.8) is 0 Å². The van der Waals surface area contributed by atoms with E-state index in [0.29, 0.717) is 6.04 Å². The number of nitrogens with zero attached hydrogens (tertiary/aromatic N) is 2. The molecule has 0 spiro atoms. The minimum atomic E-state index is 0. The summed E-state index contributed by atoms with van der Waals surface area (Å²) in [5.74, 6) is 1.89. The first-order chi connectivity index (χ1) is 12.4. The molecule has 0 bridgehead atoms. The van der Waals surface area contributed by atoms with Crippen LogP contribution in [0.25, 0.3) is 0 Å². The van der Waals surface area contributed by atoms with Crippen LogP contribution in [-0.4, -0.2) is 30.1 Å². The highest BCUT2D eigenvalue weighted by atomic mass is 127. The van der Waals surface area contributed by atoms with Gasteiger partial charge in [-0.1, -0.05) is 25.3 Å². The average Bonchev–Trinajstić information content (AvgIpc) is 3.17. The first-order valence-electron chi connectivity index (χ1n) is 9.37. The molecule has 3 rings (SSSR count). The Labute approximate surface area is 173 Å². The van der Waals surface area contributed by atoms with Crippen molar-refractivity contribution in [3.8, 4) is 0 Å². The summed E-state index contributed by atoms with van der Waals surface area (Å²) in [6.45, 7) is 1.55. The fraction of sp³-hybridized carbons (Fsp3) is 0.500. The lowest BCUT2D eigenvalue weighted by molar-refractivity contribution is 0.410. The van der Waals surface area contributed by atoms with Gasteiger partial charge in [-0.25, -0.2) is 0 Å². The summed E-state index contributed by atoms with van der Waals surface area (Å²) < 4.78 is 5.39. The molecular formula is C20H29IN4O. The molecule has 0 unspecified atom stereocenters. The van der Waals surface area contributed by atoms with E-state index in [2.05, 4.69) is 21.7 Å². The summed E-state index contributed by atoms with van der Waals surface area (Å²) in [5, 5.41) is 7.07. The van der Waals surface area contributed by atoms with Crippen LogP contribution in [0, 0.1) is 0 Å². The standard InChI is InChI=1S/C20H28N4O.HI/c1-2-8-18(9-3-1)24-20(23-15-12-19-10-6-16-25-19)22-14-11-17-7-4-5-13-21-17;/h4-7,10,13,16,18H,1-3,8-9,11-12,14-15H2,(H2,22,23,24);1H. The highest BCUT2D eigenvalue weighted by molar-refractivity contribution is 14.0. The Morgan fingerprint density at radius 1 is 1.12 bits per heavy atom. The monoisotopic (exact) mass is 468 g/mol. The topological polar surface area (TPSA) is 62.5 Å². The quantitative estimate of drug-likeness (QED) is 0.367. The van der Waals surface area contributed by atoms with Gasteiger partial charge in [-0.3, -0.25) is 9.98 Å². The summed E-state index contributed by atoms with van der Waals surface area (Å²) in [6.07, 6.45) is 11.7. The van der Waals surface area contributed by atoms with Crippen LogP contribution in [0.15, 0.2) is 52.2 Å². The molecule has 2 aromatic rings. The fourth-order valence-corrected chi connectivity index (χ4v) is 3.18. The number of rotatable bonds is 7. The predicted molar refractivity (Wildman–Crippen MR) is 116 cm³/mol. The first kappa shape index (κ1) is 20.7. The van der Waals surface area contributed by atoms with Crippen LogP contribution in [0.1, 0.15) is 43.6 Å². The van der Waals surface area contributed by atoms with Crippen LogP contribution in [0.3, 0.4) is 0 Å². The normalized spacial score (nSPS) is 15.3. The summed E-state index contributed by atoms with van der Waals surface area (Å²) >= 11 is 0. The van der Waals surface area contributed by atoms with Crippen molar-refractivity contribution < 1.29 is 4.42 Å². The average molecular weight is 468 g/mol. The van der Waals surface area contributed by atoms with Gasteiger partial charge in [-0.05, 0) is 37.1 Å². The Morgan fingerprint density at radius 3 is 2.73 bits per heavy atom. The molecule has 6 heteroatoms. The molecule has 2 aromatic heterocycles. The number of hydrogen-bond donors (Lipinski definition) is 2. The van der Waals surface area contributed by atoms with Gasteiger partial charge in [0.25, 0.3) is 0 Å². The molecule has 5 nitrogen and oxygen atoms in total. The van der Waals surface area contributed by atoms with Crippen molar-refractivity contribution >= 4 is 29.9 Å². The molecule has 26 heavy (non-hydrogen) atoms. The minimum absolute atomic E-state index is 0. The largest absolute Gasteiger partial charge is 0.469 e. The maximum absolute atomic E-state index is 5.39. The lowest BCUT2D eigenvalue weighted by Crippen LogP contribution is -2.45. The third-order valence-electron chi connectivity index (χ3n) is 4.55. The molecule has 1 fully saturated rings. The van der Waals surface area contributed by atoms with Crippen molar-refractivity contribution in [1.29, 1.82) is 0 Å². The van der Waals surface area contributed by atoms with E-state index >= 15 is 0 Å². The number of furan rings is 1. The van der Waals surface area contributed by atoms with Gasteiger partial charge in [0.2, 0.25) is 0 Å². The molecule has 0 aliphatic heterocycles. The number of pyridine rings is 1. The van der Waals surface area contributed by atoms with E-state index in [1.165, 1.54) is 32.1 Å². The van der Waals surface area contributed by atoms with E-state index in [9.17, 15) is 0 Å². The third kappa shape index (κ3) is 7.35. The van der Waals surface area contributed by atoms with Gasteiger partial charge >= 0.3 is 0 Å². The molecule has 1 saturated carbocycles. The van der Waals surface area contributed by atoms with Crippen molar-refractivity contribution in [2.24, 2.45) is 4.99 Å². The number of halogens is 1. The number of nitrogens with one attached hydrogen (secondary N) is 2. The predicted octanol–water partition coefficient (Wildman–Crippen LogP) is 3.95. The maximum atomic E-state index is 5.39. The molecule has 0 saturated heterocycles. The molecule has 2 heterocycles. The third-order valence-corrected chi connectivity index (χ3v) is 4.55. The zero-order valence-corrected chi connectivity index (χ0v) is 17.5. The number of hydrogen-bond acceptors (Lipinski definition) is 3. The molecule has 0 atom stereocenters. The van der Waals surface area contributed by atoms with Crippen LogP contribution in [0.2, 0.25) is 0 Å². The Morgan fingerprint density at radius 2 is 2.00 bits per heavy atom. The van der Waals surface area contributed by atoms with E-state index < -0.39 is 0 Å². The Kier molecular flexibility index (Phi) is 9.52. The summed E-state index contributed by atoms with van der Waals surface area (Å²) in [6, 6.07) is 10.5.